The maximum absolute atomic E-state index is 6.15. The molecular formula is C31H50OSi. The smallest absolute Gasteiger partial charge is 0.184 e. The lowest BCUT2D eigenvalue weighted by molar-refractivity contribution is 0.199. The largest absolute Gasteiger partial charge is 0.415 e. The van der Waals surface area contributed by atoms with E-state index in [-0.39, 0.29) is 0 Å². The van der Waals surface area contributed by atoms with Crippen molar-refractivity contribution >= 4 is 8.32 Å². The van der Waals surface area contributed by atoms with Crippen LogP contribution >= 0.6 is 0 Å². The summed E-state index contributed by atoms with van der Waals surface area (Å²) in [6.45, 7) is 11.3. The fourth-order valence-corrected chi connectivity index (χ4v) is 5.94. The third-order valence-corrected chi connectivity index (χ3v) is 7.55. The maximum Gasteiger partial charge on any atom is 0.184 e. The second-order valence-corrected chi connectivity index (χ2v) is 15.4. The Morgan fingerprint density at radius 2 is 1.03 bits per heavy atom. The van der Waals surface area contributed by atoms with Gasteiger partial charge in [0.2, 0.25) is 0 Å². The molecule has 0 spiro atoms. The average molecular weight is 467 g/mol. The van der Waals surface area contributed by atoms with Crippen LogP contribution in [0.3, 0.4) is 0 Å². The molecule has 2 aromatic carbocycles. The summed E-state index contributed by atoms with van der Waals surface area (Å²) in [7, 11) is -1.40. The number of aryl methyl sites for hydroxylation is 2. The summed E-state index contributed by atoms with van der Waals surface area (Å²) in [5.41, 5.74) is 5.59. The van der Waals surface area contributed by atoms with Crippen molar-refractivity contribution in [1.82, 2.24) is 0 Å². The molecule has 33 heavy (non-hydrogen) atoms. The van der Waals surface area contributed by atoms with E-state index in [0.717, 1.165) is 6.42 Å². The molecule has 0 fully saturated rings. The van der Waals surface area contributed by atoms with Gasteiger partial charge in [-0.2, -0.15) is 0 Å². The lowest BCUT2D eigenvalue weighted by atomic mass is 9.98. The van der Waals surface area contributed by atoms with Gasteiger partial charge in [-0.3, -0.25) is 0 Å². The van der Waals surface area contributed by atoms with Crippen molar-refractivity contribution in [3.05, 3.63) is 59.7 Å². The van der Waals surface area contributed by atoms with Crippen LogP contribution in [0.4, 0.5) is 0 Å². The van der Waals surface area contributed by atoms with E-state index in [4.69, 9.17) is 4.43 Å². The molecule has 1 atom stereocenters. The van der Waals surface area contributed by atoms with Crippen molar-refractivity contribution in [1.29, 1.82) is 0 Å². The monoisotopic (exact) mass is 466 g/mol. The van der Waals surface area contributed by atoms with Crippen molar-refractivity contribution in [3.63, 3.8) is 0 Å². The Hall–Kier alpha value is -1.38. The van der Waals surface area contributed by atoms with Gasteiger partial charge in [-0.25, -0.2) is 0 Å². The first kappa shape index (κ1) is 27.9. The van der Waals surface area contributed by atoms with Crippen molar-refractivity contribution in [2.24, 2.45) is 0 Å². The summed E-state index contributed by atoms with van der Waals surface area (Å²) in [6, 6.07) is 18.5. The molecule has 2 aromatic rings. The molecule has 2 rings (SSSR count). The molecule has 0 amide bonds. The van der Waals surface area contributed by atoms with Crippen LogP contribution in [0.1, 0.15) is 95.6 Å². The molecule has 0 aliphatic carbocycles. The van der Waals surface area contributed by atoms with Gasteiger partial charge in [-0.1, -0.05) is 107 Å². The van der Waals surface area contributed by atoms with Crippen LogP contribution < -0.4 is 0 Å². The van der Waals surface area contributed by atoms with E-state index in [0.29, 0.717) is 6.10 Å². The second-order valence-electron chi connectivity index (χ2n) is 10.9. The van der Waals surface area contributed by atoms with Gasteiger partial charge in [-0.05, 0) is 80.9 Å². The fraction of sp³-hybridized carbons (Fsp3) is 0.613. The SMILES string of the molecule is CCCCCCCCCCc1ccc(-c2ccc(CCCCC(C)O[Si](C)(C)C)cc2)cc1. The van der Waals surface area contributed by atoms with E-state index in [1.165, 1.54) is 99.3 Å². The number of rotatable bonds is 17. The third-order valence-electron chi connectivity index (χ3n) is 6.44. The van der Waals surface area contributed by atoms with Crippen molar-refractivity contribution < 1.29 is 4.43 Å². The average Bonchev–Trinajstić information content (AvgIpc) is 2.78. The predicted octanol–water partition coefficient (Wildman–Crippen LogP) is 9.99. The molecular weight excluding hydrogens is 416 g/mol. The molecule has 0 saturated carbocycles. The highest BCUT2D eigenvalue weighted by Crippen LogP contribution is 2.22. The predicted molar refractivity (Wildman–Crippen MR) is 150 cm³/mol. The Morgan fingerprint density at radius 3 is 1.48 bits per heavy atom. The molecule has 1 unspecified atom stereocenters. The maximum atomic E-state index is 6.15. The van der Waals surface area contributed by atoms with Gasteiger partial charge in [-0.15, -0.1) is 0 Å². The molecule has 0 aliphatic rings. The van der Waals surface area contributed by atoms with Crippen LogP contribution in [0.25, 0.3) is 11.1 Å². The highest BCUT2D eigenvalue weighted by molar-refractivity contribution is 6.69. The lowest BCUT2D eigenvalue weighted by Crippen LogP contribution is -2.30. The van der Waals surface area contributed by atoms with Crippen LogP contribution in [0.15, 0.2) is 48.5 Å². The van der Waals surface area contributed by atoms with Crippen LogP contribution in [0.2, 0.25) is 19.6 Å². The molecule has 0 heterocycles. The van der Waals surface area contributed by atoms with Gasteiger partial charge < -0.3 is 4.43 Å². The normalized spacial score (nSPS) is 12.8. The first-order chi connectivity index (χ1) is 15.9. The van der Waals surface area contributed by atoms with Gasteiger partial charge in [0, 0.05) is 6.10 Å². The van der Waals surface area contributed by atoms with Crippen LogP contribution in [-0.4, -0.2) is 14.4 Å². The minimum atomic E-state index is -1.40. The first-order valence-electron chi connectivity index (χ1n) is 13.7. The number of hydrogen-bond donors (Lipinski definition) is 0. The fourth-order valence-electron chi connectivity index (χ4n) is 4.61. The van der Waals surface area contributed by atoms with Crippen molar-refractivity contribution in [2.75, 3.05) is 0 Å². The highest BCUT2D eigenvalue weighted by Gasteiger charge is 2.17. The van der Waals surface area contributed by atoms with Gasteiger partial charge in [0.15, 0.2) is 8.32 Å². The van der Waals surface area contributed by atoms with Crippen molar-refractivity contribution in [2.45, 2.75) is 123 Å². The van der Waals surface area contributed by atoms with Gasteiger partial charge in [0.25, 0.3) is 0 Å². The Labute approximate surface area is 206 Å². The lowest BCUT2D eigenvalue weighted by Gasteiger charge is -2.23. The molecule has 0 aromatic heterocycles. The standard InChI is InChI=1S/C31H50OSi/c1-6-7-8-9-10-11-12-13-17-28-19-23-30(24-20-28)31-25-21-29(22-26-31)18-15-14-16-27(2)32-33(3,4)5/h19-27H,6-18H2,1-5H3. The van der Waals surface area contributed by atoms with Gasteiger partial charge in [0.1, 0.15) is 0 Å². The van der Waals surface area contributed by atoms with E-state index in [9.17, 15) is 0 Å². The summed E-state index contributed by atoms with van der Waals surface area (Å²) >= 11 is 0. The molecule has 0 radical (unpaired) electrons. The van der Waals surface area contributed by atoms with Gasteiger partial charge in [0.05, 0.1) is 0 Å². The van der Waals surface area contributed by atoms with E-state index < -0.39 is 8.32 Å². The third kappa shape index (κ3) is 12.6. The zero-order valence-electron chi connectivity index (χ0n) is 22.3. The molecule has 0 bridgehead atoms. The van der Waals surface area contributed by atoms with Crippen LogP contribution in [0, 0.1) is 0 Å². The molecule has 1 nitrogen and oxygen atoms in total. The quantitative estimate of drug-likeness (QED) is 0.166. The van der Waals surface area contributed by atoms with Crippen LogP contribution in [-0.2, 0) is 17.3 Å². The Morgan fingerprint density at radius 1 is 0.606 bits per heavy atom. The summed E-state index contributed by atoms with van der Waals surface area (Å²) < 4.78 is 6.15. The number of hydrogen-bond acceptors (Lipinski definition) is 1. The van der Waals surface area contributed by atoms with Crippen LogP contribution in [0.5, 0.6) is 0 Å². The first-order valence-corrected chi connectivity index (χ1v) is 17.1. The zero-order chi connectivity index (χ0) is 23.9. The van der Waals surface area contributed by atoms with E-state index in [1.807, 2.05) is 0 Å². The highest BCUT2D eigenvalue weighted by atomic mass is 28.4. The van der Waals surface area contributed by atoms with Crippen molar-refractivity contribution in [3.8, 4) is 11.1 Å². The molecule has 0 aliphatic heterocycles. The summed E-state index contributed by atoms with van der Waals surface area (Å²) in [5.74, 6) is 0. The minimum absolute atomic E-state index is 0.401. The van der Waals surface area contributed by atoms with E-state index in [2.05, 4.69) is 82.0 Å². The molecule has 184 valence electrons. The minimum Gasteiger partial charge on any atom is -0.415 e. The summed E-state index contributed by atoms with van der Waals surface area (Å²) in [6.07, 6.45) is 17.6. The zero-order valence-corrected chi connectivity index (χ0v) is 23.3. The van der Waals surface area contributed by atoms with E-state index in [1.54, 1.807) is 0 Å². The van der Waals surface area contributed by atoms with Gasteiger partial charge >= 0.3 is 0 Å². The Bertz CT molecular complexity index is 742. The Kier molecular flexibility index (Phi) is 13.1. The summed E-state index contributed by atoms with van der Waals surface area (Å²) in [4.78, 5) is 0. The molecule has 0 N–H and O–H groups in total. The van der Waals surface area contributed by atoms with E-state index >= 15 is 0 Å². The molecule has 2 heteroatoms. The number of benzene rings is 2. The number of unbranched alkanes of at least 4 members (excludes halogenated alkanes) is 8. The molecule has 0 saturated heterocycles. The topological polar surface area (TPSA) is 9.23 Å². The Balaban J connectivity index is 1.66. The second kappa shape index (κ2) is 15.5. The summed E-state index contributed by atoms with van der Waals surface area (Å²) in [5, 5.41) is 0.